The molecule has 3 atom stereocenters. The molecule has 1 saturated carbocycles. The van der Waals surface area contributed by atoms with E-state index in [1.165, 1.54) is 19.3 Å². The SMILES string of the molecule is CCC(Br)C(=O)NC1CCCCC1C(C)(C)C. The fourth-order valence-electron chi connectivity index (χ4n) is 2.80. The molecule has 0 heterocycles. The number of amides is 1. The molecule has 1 N–H and O–H groups in total. The third kappa shape index (κ3) is 4.27. The summed E-state index contributed by atoms with van der Waals surface area (Å²) in [6, 6.07) is 0.364. The van der Waals surface area contributed by atoms with E-state index in [4.69, 9.17) is 0 Å². The van der Waals surface area contributed by atoms with Crippen LogP contribution in [-0.2, 0) is 4.79 Å². The smallest absolute Gasteiger partial charge is 0.233 e. The van der Waals surface area contributed by atoms with Crippen LogP contribution in [0.25, 0.3) is 0 Å². The van der Waals surface area contributed by atoms with Gasteiger partial charge in [-0.1, -0.05) is 56.5 Å². The van der Waals surface area contributed by atoms with E-state index in [2.05, 4.69) is 42.0 Å². The second-order valence-electron chi connectivity index (χ2n) is 6.25. The average molecular weight is 304 g/mol. The number of alkyl halides is 1. The van der Waals surface area contributed by atoms with E-state index >= 15 is 0 Å². The van der Waals surface area contributed by atoms with E-state index in [0.29, 0.717) is 12.0 Å². The molecule has 100 valence electrons. The molecule has 0 aromatic carbocycles. The number of rotatable bonds is 3. The van der Waals surface area contributed by atoms with Crippen molar-refractivity contribution in [2.75, 3.05) is 0 Å². The van der Waals surface area contributed by atoms with E-state index in [9.17, 15) is 4.79 Å². The highest BCUT2D eigenvalue weighted by Crippen LogP contribution is 2.38. The summed E-state index contributed by atoms with van der Waals surface area (Å²) in [7, 11) is 0. The third-order valence-corrected chi connectivity index (χ3v) is 4.91. The number of nitrogens with one attached hydrogen (secondary N) is 1. The molecule has 0 saturated heterocycles. The van der Waals surface area contributed by atoms with Crippen LogP contribution in [0.3, 0.4) is 0 Å². The maximum Gasteiger partial charge on any atom is 0.233 e. The predicted molar refractivity (Wildman–Crippen MR) is 76.3 cm³/mol. The monoisotopic (exact) mass is 303 g/mol. The predicted octanol–water partition coefficient (Wildman–Crippen LogP) is 3.88. The molecule has 0 bridgehead atoms. The molecule has 3 heteroatoms. The van der Waals surface area contributed by atoms with Crippen molar-refractivity contribution < 1.29 is 4.79 Å². The average Bonchev–Trinajstić information content (AvgIpc) is 2.27. The number of carbonyl (C=O) groups is 1. The van der Waals surface area contributed by atoms with Crippen LogP contribution >= 0.6 is 15.9 Å². The van der Waals surface area contributed by atoms with Crippen LogP contribution in [0.15, 0.2) is 0 Å². The van der Waals surface area contributed by atoms with Crippen LogP contribution in [0.2, 0.25) is 0 Å². The second-order valence-corrected chi connectivity index (χ2v) is 7.35. The normalized spacial score (nSPS) is 27.6. The topological polar surface area (TPSA) is 29.1 Å². The molecule has 3 unspecified atom stereocenters. The first-order valence-electron chi connectivity index (χ1n) is 6.80. The van der Waals surface area contributed by atoms with Crippen LogP contribution in [0.5, 0.6) is 0 Å². The Hall–Kier alpha value is -0.0500. The number of halogens is 1. The van der Waals surface area contributed by atoms with Gasteiger partial charge in [0.15, 0.2) is 0 Å². The maximum atomic E-state index is 12.0. The van der Waals surface area contributed by atoms with Gasteiger partial charge in [-0.15, -0.1) is 0 Å². The van der Waals surface area contributed by atoms with Crippen molar-refractivity contribution in [1.82, 2.24) is 5.32 Å². The zero-order valence-electron chi connectivity index (χ0n) is 11.6. The van der Waals surface area contributed by atoms with Crippen LogP contribution in [0, 0.1) is 11.3 Å². The molecule has 2 nitrogen and oxygen atoms in total. The Labute approximate surface area is 114 Å². The van der Waals surface area contributed by atoms with Gasteiger partial charge in [0.05, 0.1) is 4.83 Å². The molecule has 0 radical (unpaired) electrons. The first-order valence-corrected chi connectivity index (χ1v) is 7.72. The van der Waals surface area contributed by atoms with Gasteiger partial charge in [0.1, 0.15) is 0 Å². The van der Waals surface area contributed by atoms with Gasteiger partial charge in [-0.05, 0) is 30.6 Å². The van der Waals surface area contributed by atoms with Gasteiger partial charge in [0, 0.05) is 6.04 Å². The van der Waals surface area contributed by atoms with Gasteiger partial charge in [0.25, 0.3) is 0 Å². The van der Waals surface area contributed by atoms with Crippen LogP contribution in [-0.4, -0.2) is 16.8 Å². The molecule has 1 fully saturated rings. The molecule has 1 aliphatic rings. The van der Waals surface area contributed by atoms with E-state index in [0.717, 1.165) is 12.8 Å². The Bertz CT molecular complexity index is 259. The molecular formula is C14H26BrNO. The standard InChI is InChI=1S/C14H26BrNO/c1-5-11(15)13(17)16-12-9-7-6-8-10(12)14(2,3)4/h10-12H,5-9H2,1-4H3,(H,16,17). The van der Waals surface area contributed by atoms with Crippen molar-refractivity contribution in [1.29, 1.82) is 0 Å². The highest BCUT2D eigenvalue weighted by Gasteiger charge is 2.35. The zero-order valence-corrected chi connectivity index (χ0v) is 13.1. The summed E-state index contributed by atoms with van der Waals surface area (Å²) in [4.78, 5) is 11.9. The Morgan fingerprint density at radius 3 is 2.47 bits per heavy atom. The van der Waals surface area contributed by atoms with Gasteiger partial charge < -0.3 is 5.32 Å². The quantitative estimate of drug-likeness (QED) is 0.788. The van der Waals surface area contributed by atoms with Gasteiger partial charge >= 0.3 is 0 Å². The van der Waals surface area contributed by atoms with Crippen molar-refractivity contribution in [3.63, 3.8) is 0 Å². The molecule has 17 heavy (non-hydrogen) atoms. The molecule has 1 rings (SSSR count). The summed E-state index contributed by atoms with van der Waals surface area (Å²) in [5.74, 6) is 0.769. The van der Waals surface area contributed by atoms with E-state index in [1.807, 2.05) is 6.92 Å². The summed E-state index contributed by atoms with van der Waals surface area (Å²) in [6.07, 6.45) is 5.78. The second kappa shape index (κ2) is 6.21. The number of hydrogen-bond acceptors (Lipinski definition) is 1. The maximum absolute atomic E-state index is 12.0. The molecule has 1 aliphatic carbocycles. The fraction of sp³-hybridized carbons (Fsp3) is 0.929. The first-order chi connectivity index (χ1) is 7.86. The van der Waals surface area contributed by atoms with Crippen molar-refractivity contribution in [3.8, 4) is 0 Å². The minimum absolute atomic E-state index is 0.0370. The minimum Gasteiger partial charge on any atom is -0.352 e. The highest BCUT2D eigenvalue weighted by molar-refractivity contribution is 9.10. The van der Waals surface area contributed by atoms with E-state index in [1.54, 1.807) is 0 Å². The molecule has 0 aromatic heterocycles. The third-order valence-electron chi connectivity index (χ3n) is 3.85. The van der Waals surface area contributed by atoms with Crippen molar-refractivity contribution in [2.45, 2.75) is 70.7 Å². The van der Waals surface area contributed by atoms with Crippen molar-refractivity contribution in [3.05, 3.63) is 0 Å². The molecule has 1 amide bonds. The van der Waals surface area contributed by atoms with Gasteiger partial charge in [-0.2, -0.15) is 0 Å². The largest absolute Gasteiger partial charge is 0.352 e. The lowest BCUT2D eigenvalue weighted by Gasteiger charge is -2.41. The Kier molecular flexibility index (Phi) is 5.49. The Balaban J connectivity index is 2.63. The minimum atomic E-state index is -0.0370. The fourth-order valence-corrected chi connectivity index (χ4v) is 2.93. The summed E-state index contributed by atoms with van der Waals surface area (Å²) >= 11 is 3.43. The zero-order chi connectivity index (χ0) is 13.1. The van der Waals surface area contributed by atoms with Gasteiger partial charge in [-0.3, -0.25) is 4.79 Å². The number of carbonyl (C=O) groups excluding carboxylic acids is 1. The lowest BCUT2D eigenvalue weighted by atomic mass is 9.69. The molecule has 0 spiro atoms. The summed E-state index contributed by atoms with van der Waals surface area (Å²) in [5, 5.41) is 3.24. The van der Waals surface area contributed by atoms with E-state index in [-0.39, 0.29) is 16.1 Å². The lowest BCUT2D eigenvalue weighted by Crippen LogP contribution is -2.48. The van der Waals surface area contributed by atoms with Crippen molar-refractivity contribution >= 4 is 21.8 Å². The van der Waals surface area contributed by atoms with Gasteiger partial charge in [0.2, 0.25) is 5.91 Å². The molecule has 0 aromatic rings. The van der Waals surface area contributed by atoms with Crippen LogP contribution in [0.4, 0.5) is 0 Å². The number of hydrogen-bond donors (Lipinski definition) is 1. The molecule has 0 aliphatic heterocycles. The Morgan fingerprint density at radius 1 is 1.35 bits per heavy atom. The lowest BCUT2D eigenvalue weighted by molar-refractivity contribution is -0.122. The van der Waals surface area contributed by atoms with Gasteiger partial charge in [-0.25, -0.2) is 0 Å². The first kappa shape index (κ1) is 15.0. The molecular weight excluding hydrogens is 278 g/mol. The van der Waals surface area contributed by atoms with Crippen molar-refractivity contribution in [2.24, 2.45) is 11.3 Å². The van der Waals surface area contributed by atoms with E-state index < -0.39 is 0 Å². The summed E-state index contributed by atoms with van der Waals surface area (Å²) in [5.41, 5.74) is 0.284. The summed E-state index contributed by atoms with van der Waals surface area (Å²) < 4.78 is 0. The summed E-state index contributed by atoms with van der Waals surface area (Å²) in [6.45, 7) is 8.88. The highest BCUT2D eigenvalue weighted by atomic mass is 79.9. The Morgan fingerprint density at radius 2 is 1.94 bits per heavy atom. The van der Waals surface area contributed by atoms with Crippen LogP contribution < -0.4 is 5.32 Å². The van der Waals surface area contributed by atoms with Crippen LogP contribution in [0.1, 0.15) is 59.8 Å².